The van der Waals surface area contributed by atoms with Crippen molar-refractivity contribution in [2.45, 2.75) is 18.4 Å². The predicted molar refractivity (Wildman–Crippen MR) is 24.8 cm³/mol. The maximum atomic E-state index is 10.1. The summed E-state index contributed by atoms with van der Waals surface area (Å²) in [4.78, 5) is 10.1. The van der Waals surface area contributed by atoms with Crippen LogP contribution in [0.2, 0.25) is 0 Å². The zero-order chi connectivity index (χ0) is 5.49. The Morgan fingerprint density at radius 1 is 1.71 bits per heavy atom. The average molecular weight is 102 g/mol. The van der Waals surface area contributed by atoms with Crippen molar-refractivity contribution in [3.05, 3.63) is 0 Å². The second-order valence-corrected chi connectivity index (χ2v) is 1.95. The Hall–Kier alpha value is -0.570. The van der Waals surface area contributed by atoms with Crippen molar-refractivity contribution >= 4 is 5.91 Å². The van der Waals surface area contributed by atoms with Gasteiger partial charge in [0.1, 0.15) is 0 Å². The van der Waals surface area contributed by atoms with Gasteiger partial charge in [-0.05, 0) is 0 Å². The highest BCUT2D eigenvalue weighted by Crippen LogP contribution is 2.33. The molecule has 1 aliphatic carbocycles. The van der Waals surface area contributed by atoms with Crippen molar-refractivity contribution in [3.8, 4) is 0 Å². The van der Waals surface area contributed by atoms with Crippen LogP contribution in [0.5, 0.6) is 0 Å². The van der Waals surface area contributed by atoms with Crippen molar-refractivity contribution in [1.82, 2.24) is 0 Å². The molecule has 7 heavy (non-hydrogen) atoms. The fraction of sp³-hybridized carbons (Fsp3) is 0.750. The minimum atomic E-state index is -0.861. The number of primary amides is 1. The summed E-state index contributed by atoms with van der Waals surface area (Å²) in [6.07, 6.45) is 1.31. The molecule has 0 saturated heterocycles. The second kappa shape index (κ2) is 0.980. The van der Waals surface area contributed by atoms with Crippen LogP contribution < -0.4 is 5.73 Å². The maximum absolute atomic E-state index is 10.1. The lowest BCUT2D eigenvalue weighted by molar-refractivity contribution is -0.127. The first-order valence-corrected chi connectivity index (χ1v) is 2.20. The zero-order valence-corrected chi connectivity index (χ0v) is 3.90. The highest BCUT2D eigenvalue weighted by Gasteiger charge is 2.52. The Balaban J connectivity index is 2.55. The second-order valence-electron chi connectivity index (χ2n) is 1.95. The summed E-state index contributed by atoms with van der Waals surface area (Å²) in [5, 5.41) is 7.02. The normalized spacial score (nSPS) is 24.1. The van der Waals surface area contributed by atoms with Gasteiger partial charge in [0, 0.05) is 12.8 Å². The number of carbonyl (C=O) groups is 1. The van der Waals surface area contributed by atoms with E-state index >= 15 is 0 Å². The van der Waals surface area contributed by atoms with Gasteiger partial charge in [0.2, 0.25) is 5.60 Å². The summed E-state index contributed by atoms with van der Waals surface area (Å²) in [7, 11) is 0. The molecule has 0 radical (unpaired) electrons. The summed E-state index contributed by atoms with van der Waals surface area (Å²) < 4.78 is 0. The van der Waals surface area contributed by atoms with Crippen LogP contribution in [-0.2, 0) is 4.79 Å². The smallest absolute Gasteiger partial charge is 0.300 e. The fourth-order valence-corrected chi connectivity index (χ4v) is 0.371. The van der Waals surface area contributed by atoms with Crippen molar-refractivity contribution in [2.75, 3.05) is 0 Å². The van der Waals surface area contributed by atoms with Crippen LogP contribution in [0.3, 0.4) is 0 Å². The molecule has 0 aliphatic heterocycles. The quantitative estimate of drug-likeness (QED) is 0.412. The van der Waals surface area contributed by atoms with Crippen LogP contribution in [0.25, 0.3) is 0 Å². The predicted octanol–water partition coefficient (Wildman–Crippen LogP) is -1.27. The van der Waals surface area contributed by atoms with E-state index in [0.717, 1.165) is 0 Å². The van der Waals surface area contributed by atoms with E-state index in [2.05, 4.69) is 0 Å². The monoisotopic (exact) mass is 102 g/mol. The number of rotatable bonds is 1. The highest BCUT2D eigenvalue weighted by atomic mass is 16.3. The van der Waals surface area contributed by atoms with Crippen LogP contribution in [0.4, 0.5) is 0 Å². The van der Waals surface area contributed by atoms with Gasteiger partial charge in [-0.2, -0.15) is 0 Å². The molecule has 1 fully saturated rings. The van der Waals surface area contributed by atoms with E-state index < -0.39 is 11.5 Å². The van der Waals surface area contributed by atoms with Gasteiger partial charge in [0.05, 0.1) is 0 Å². The number of amides is 1. The maximum Gasteiger partial charge on any atom is 0.300 e. The third kappa shape index (κ3) is 0.587. The van der Waals surface area contributed by atoms with E-state index in [0.29, 0.717) is 12.8 Å². The fourth-order valence-electron chi connectivity index (χ4n) is 0.371. The van der Waals surface area contributed by atoms with E-state index in [1.54, 1.807) is 0 Å². The first kappa shape index (κ1) is 4.59. The summed E-state index contributed by atoms with van der Waals surface area (Å²) >= 11 is 0. The third-order valence-corrected chi connectivity index (χ3v) is 1.22. The largest absolute Gasteiger partial charge is 0.434 e. The van der Waals surface area contributed by atoms with Gasteiger partial charge in [-0.3, -0.25) is 4.79 Å². The molecule has 3 heteroatoms. The Labute approximate surface area is 41.1 Å². The third-order valence-electron chi connectivity index (χ3n) is 1.22. The standard InChI is InChI=1S/C4H7NO2/c5-3(6)4(7)1-2-4/h7H,1-2H2,(H2,5,6)/p+1. The molecule has 1 rings (SSSR count). The molecular formula is C4H8NO2+. The summed E-state index contributed by atoms with van der Waals surface area (Å²) in [6.45, 7) is 0. The molecule has 0 spiro atoms. The molecule has 1 saturated carbocycles. The van der Waals surface area contributed by atoms with Gasteiger partial charge in [0.15, 0.2) is 0 Å². The lowest BCUT2D eigenvalue weighted by Gasteiger charge is -1.91. The van der Waals surface area contributed by atoms with E-state index in [1.165, 1.54) is 0 Å². The molecule has 4 N–H and O–H groups in total. The lowest BCUT2D eigenvalue weighted by Crippen LogP contribution is -2.29. The lowest BCUT2D eigenvalue weighted by atomic mass is 10.3. The molecule has 0 unspecified atom stereocenters. The molecule has 3 nitrogen and oxygen atoms in total. The Morgan fingerprint density at radius 2 is 2.14 bits per heavy atom. The number of nitrogens with two attached hydrogens (primary N) is 1. The van der Waals surface area contributed by atoms with E-state index in [1.807, 2.05) is 0 Å². The molecule has 0 aromatic rings. The van der Waals surface area contributed by atoms with Crippen molar-refractivity contribution in [2.24, 2.45) is 5.73 Å². The summed E-state index contributed by atoms with van der Waals surface area (Å²) in [5.74, 6) is -0.479. The van der Waals surface area contributed by atoms with Crippen LogP contribution in [0.15, 0.2) is 0 Å². The Kier molecular flexibility index (Phi) is 0.642. The van der Waals surface area contributed by atoms with Gasteiger partial charge in [-0.25, -0.2) is 0 Å². The number of hydrogen-bond acceptors (Lipinski definition) is 1. The number of carbonyl (C=O) groups excluding carboxylic acids is 1. The molecule has 0 heterocycles. The Morgan fingerprint density at radius 3 is 2.14 bits per heavy atom. The minimum Gasteiger partial charge on any atom is -0.434 e. The molecule has 1 amide bonds. The topological polar surface area (TPSA) is 66.0 Å². The number of hydrogen-bond donors (Lipinski definition) is 1. The van der Waals surface area contributed by atoms with Gasteiger partial charge in [-0.1, -0.05) is 0 Å². The minimum absolute atomic E-state index is 0.479. The molecule has 1 aliphatic rings. The van der Waals surface area contributed by atoms with E-state index in [-0.39, 0.29) is 0 Å². The van der Waals surface area contributed by atoms with Crippen molar-refractivity contribution in [1.29, 1.82) is 0 Å². The van der Waals surface area contributed by atoms with Gasteiger partial charge in [0.25, 0.3) is 5.91 Å². The van der Waals surface area contributed by atoms with Gasteiger partial charge in [-0.15, -0.1) is 0 Å². The van der Waals surface area contributed by atoms with Gasteiger partial charge < -0.3 is 10.8 Å². The average Bonchev–Trinajstić information content (AvgIpc) is 2.21. The molecule has 0 bridgehead atoms. The highest BCUT2D eigenvalue weighted by molar-refractivity contribution is 5.85. The Bertz CT molecular complexity index is 106. The van der Waals surface area contributed by atoms with Crippen LogP contribution in [-0.4, -0.2) is 16.6 Å². The molecule has 0 atom stereocenters. The van der Waals surface area contributed by atoms with Gasteiger partial charge >= 0.3 is 0 Å². The van der Waals surface area contributed by atoms with Crippen LogP contribution in [0, 0.1) is 0 Å². The van der Waals surface area contributed by atoms with Crippen molar-refractivity contribution < 1.29 is 9.90 Å². The van der Waals surface area contributed by atoms with Crippen LogP contribution in [0.1, 0.15) is 12.8 Å². The van der Waals surface area contributed by atoms with Crippen molar-refractivity contribution in [3.63, 3.8) is 0 Å². The summed E-state index contributed by atoms with van der Waals surface area (Å²) in [6, 6.07) is 0. The first-order chi connectivity index (χ1) is 3.15. The molecule has 0 aromatic carbocycles. The SMILES string of the molecule is NC(=O)C1([OH2+])CC1. The summed E-state index contributed by atoms with van der Waals surface area (Å²) in [5.41, 5.74) is 3.94. The van der Waals surface area contributed by atoms with E-state index in [4.69, 9.17) is 10.8 Å². The molecule has 0 aromatic heterocycles. The first-order valence-electron chi connectivity index (χ1n) is 2.20. The molecule has 40 valence electrons. The molecular weight excluding hydrogens is 94.0 g/mol. The van der Waals surface area contributed by atoms with E-state index in [9.17, 15) is 4.79 Å². The zero-order valence-electron chi connectivity index (χ0n) is 3.90. The van der Waals surface area contributed by atoms with Crippen LogP contribution >= 0.6 is 0 Å².